The van der Waals surface area contributed by atoms with Gasteiger partial charge >= 0.3 is 0 Å². The monoisotopic (exact) mass is 227 g/mol. The Morgan fingerprint density at radius 1 is 1.31 bits per heavy atom. The highest BCUT2D eigenvalue weighted by Gasteiger charge is 2.32. The first-order valence-corrected chi connectivity index (χ1v) is 6.07. The lowest BCUT2D eigenvalue weighted by molar-refractivity contribution is 0.286. The highest BCUT2D eigenvalue weighted by atomic mass is 35.5. The summed E-state index contributed by atoms with van der Waals surface area (Å²) in [5.41, 5.74) is 0.0352. The minimum absolute atomic E-state index is 0. The van der Waals surface area contributed by atoms with Gasteiger partial charge in [0.15, 0.2) is 9.84 Å². The lowest BCUT2D eigenvalue weighted by Crippen LogP contribution is -2.51. The number of sulfone groups is 1. The zero-order valence-electron chi connectivity index (χ0n) is 8.33. The zero-order chi connectivity index (χ0) is 9.41. The average Bonchev–Trinajstić information content (AvgIpc) is 1.83. The quantitative estimate of drug-likeness (QED) is 0.667. The fourth-order valence-corrected chi connectivity index (χ4v) is 3.06. The van der Waals surface area contributed by atoms with Crippen molar-refractivity contribution in [3.05, 3.63) is 0 Å². The summed E-state index contributed by atoms with van der Waals surface area (Å²) in [6.07, 6.45) is 0. The van der Waals surface area contributed by atoms with E-state index in [4.69, 9.17) is 0 Å². The van der Waals surface area contributed by atoms with Crippen molar-refractivity contribution in [3.63, 3.8) is 0 Å². The van der Waals surface area contributed by atoms with Crippen LogP contribution in [0.3, 0.4) is 0 Å². The number of hydrogen-bond donors (Lipinski definition) is 1. The first-order valence-electron chi connectivity index (χ1n) is 4.25. The summed E-state index contributed by atoms with van der Waals surface area (Å²) in [6.45, 7) is 6.78. The third kappa shape index (κ3) is 3.83. The molecule has 5 heteroatoms. The van der Waals surface area contributed by atoms with Crippen molar-refractivity contribution >= 4 is 22.2 Å². The van der Waals surface area contributed by atoms with E-state index in [1.165, 1.54) is 0 Å². The second kappa shape index (κ2) is 4.15. The van der Waals surface area contributed by atoms with Crippen molar-refractivity contribution in [1.29, 1.82) is 0 Å². The fourth-order valence-electron chi connectivity index (χ4n) is 1.34. The predicted molar refractivity (Wildman–Crippen MR) is 57.1 cm³/mol. The molecule has 0 radical (unpaired) electrons. The van der Waals surface area contributed by atoms with E-state index in [0.717, 1.165) is 0 Å². The Labute approximate surface area is 86.6 Å². The summed E-state index contributed by atoms with van der Waals surface area (Å²) in [5.74, 6) is 0.579. The van der Waals surface area contributed by atoms with Crippen LogP contribution in [0.2, 0.25) is 0 Å². The van der Waals surface area contributed by atoms with Crippen LogP contribution in [0.1, 0.15) is 20.8 Å². The Bertz CT molecular complexity index is 256. The van der Waals surface area contributed by atoms with E-state index >= 15 is 0 Å². The van der Waals surface area contributed by atoms with Crippen molar-refractivity contribution in [1.82, 2.24) is 5.32 Å². The molecule has 1 aliphatic heterocycles. The molecule has 1 N–H and O–H groups in total. The van der Waals surface area contributed by atoms with Crippen LogP contribution in [0.5, 0.6) is 0 Å². The Hall–Kier alpha value is 0.200. The summed E-state index contributed by atoms with van der Waals surface area (Å²) in [4.78, 5) is 0. The average molecular weight is 228 g/mol. The highest BCUT2D eigenvalue weighted by molar-refractivity contribution is 7.91. The van der Waals surface area contributed by atoms with Crippen molar-refractivity contribution < 1.29 is 8.42 Å². The fraction of sp³-hybridized carbons (Fsp3) is 1.00. The SMILES string of the molecule is CC(C)(C)C1CS(=O)(=O)CCN1.Cl. The van der Waals surface area contributed by atoms with Gasteiger partial charge in [0.2, 0.25) is 0 Å². The Balaban J connectivity index is 0.00000144. The molecule has 1 rings (SSSR count). The normalized spacial score (nSPS) is 27.8. The van der Waals surface area contributed by atoms with E-state index in [-0.39, 0.29) is 29.6 Å². The van der Waals surface area contributed by atoms with Gasteiger partial charge in [0.05, 0.1) is 11.5 Å². The van der Waals surface area contributed by atoms with Gasteiger partial charge in [0.1, 0.15) is 0 Å². The lowest BCUT2D eigenvalue weighted by Gasteiger charge is -2.34. The molecule has 1 atom stereocenters. The molecule has 1 unspecified atom stereocenters. The standard InChI is InChI=1S/C8H17NO2S.ClH/c1-8(2,3)7-6-12(10,11)5-4-9-7;/h7,9H,4-6H2,1-3H3;1H. The van der Waals surface area contributed by atoms with Gasteiger partial charge in [0.25, 0.3) is 0 Å². The van der Waals surface area contributed by atoms with Crippen LogP contribution in [-0.4, -0.2) is 32.5 Å². The van der Waals surface area contributed by atoms with Crippen LogP contribution in [-0.2, 0) is 9.84 Å². The Kier molecular flexibility index (Phi) is 4.22. The lowest BCUT2D eigenvalue weighted by atomic mass is 9.88. The molecule has 3 nitrogen and oxygen atoms in total. The maximum atomic E-state index is 11.3. The van der Waals surface area contributed by atoms with E-state index in [1.54, 1.807) is 0 Å². The summed E-state index contributed by atoms with van der Waals surface area (Å²) in [5, 5.41) is 3.24. The molecule has 13 heavy (non-hydrogen) atoms. The van der Waals surface area contributed by atoms with Gasteiger partial charge < -0.3 is 5.32 Å². The predicted octanol–water partition coefficient (Wildman–Crippen LogP) is 0.841. The molecule has 0 saturated carbocycles. The number of hydrogen-bond acceptors (Lipinski definition) is 3. The van der Waals surface area contributed by atoms with Gasteiger partial charge in [-0.15, -0.1) is 12.4 Å². The van der Waals surface area contributed by atoms with Gasteiger partial charge in [-0.2, -0.15) is 0 Å². The van der Waals surface area contributed by atoms with Crippen LogP contribution < -0.4 is 5.32 Å². The third-order valence-electron chi connectivity index (χ3n) is 2.27. The first kappa shape index (κ1) is 13.2. The minimum Gasteiger partial charge on any atom is -0.311 e. The number of halogens is 1. The molecule has 1 fully saturated rings. The van der Waals surface area contributed by atoms with Crippen molar-refractivity contribution in [3.8, 4) is 0 Å². The maximum absolute atomic E-state index is 11.3. The number of nitrogens with one attached hydrogen (secondary N) is 1. The largest absolute Gasteiger partial charge is 0.311 e. The molecular weight excluding hydrogens is 210 g/mol. The van der Waals surface area contributed by atoms with E-state index in [0.29, 0.717) is 12.3 Å². The molecule has 1 heterocycles. The molecule has 1 aliphatic rings. The maximum Gasteiger partial charge on any atom is 0.153 e. The van der Waals surface area contributed by atoms with Crippen molar-refractivity contribution in [2.45, 2.75) is 26.8 Å². The van der Waals surface area contributed by atoms with Crippen LogP contribution in [0.4, 0.5) is 0 Å². The number of rotatable bonds is 0. The molecule has 0 aliphatic carbocycles. The first-order chi connectivity index (χ1) is 5.31. The van der Waals surface area contributed by atoms with Gasteiger partial charge in [-0.1, -0.05) is 20.8 Å². The van der Waals surface area contributed by atoms with Crippen LogP contribution >= 0.6 is 12.4 Å². The highest BCUT2D eigenvalue weighted by Crippen LogP contribution is 2.22. The molecule has 0 aromatic heterocycles. The summed E-state index contributed by atoms with van der Waals surface area (Å²) in [7, 11) is -2.78. The zero-order valence-corrected chi connectivity index (χ0v) is 9.96. The second-order valence-corrected chi connectivity index (χ2v) is 6.72. The molecule has 0 amide bonds. The molecule has 0 bridgehead atoms. The summed E-state index contributed by atoms with van der Waals surface area (Å²) >= 11 is 0. The van der Waals surface area contributed by atoms with Crippen molar-refractivity contribution in [2.75, 3.05) is 18.1 Å². The smallest absolute Gasteiger partial charge is 0.153 e. The summed E-state index contributed by atoms with van der Waals surface area (Å²) in [6, 6.07) is 0.108. The van der Waals surface area contributed by atoms with Crippen LogP contribution in [0.25, 0.3) is 0 Å². The molecular formula is C8H18ClNO2S. The van der Waals surface area contributed by atoms with Crippen LogP contribution in [0, 0.1) is 5.41 Å². The van der Waals surface area contributed by atoms with E-state index in [2.05, 4.69) is 26.1 Å². The summed E-state index contributed by atoms with van der Waals surface area (Å²) < 4.78 is 22.5. The minimum atomic E-state index is -2.78. The van der Waals surface area contributed by atoms with Crippen LogP contribution in [0.15, 0.2) is 0 Å². The topological polar surface area (TPSA) is 46.2 Å². The van der Waals surface area contributed by atoms with E-state index < -0.39 is 9.84 Å². The Morgan fingerprint density at radius 2 is 1.85 bits per heavy atom. The van der Waals surface area contributed by atoms with E-state index in [9.17, 15) is 8.42 Å². The van der Waals surface area contributed by atoms with Gasteiger partial charge in [0, 0.05) is 12.6 Å². The van der Waals surface area contributed by atoms with Gasteiger partial charge in [-0.25, -0.2) is 8.42 Å². The molecule has 0 aromatic rings. The Morgan fingerprint density at radius 3 is 2.15 bits per heavy atom. The van der Waals surface area contributed by atoms with E-state index in [1.807, 2.05) is 0 Å². The third-order valence-corrected chi connectivity index (χ3v) is 3.94. The van der Waals surface area contributed by atoms with Gasteiger partial charge in [-0.3, -0.25) is 0 Å². The molecule has 80 valence electrons. The second-order valence-electron chi connectivity index (χ2n) is 4.49. The molecule has 0 aromatic carbocycles. The molecule has 1 saturated heterocycles. The van der Waals surface area contributed by atoms with Gasteiger partial charge in [-0.05, 0) is 5.41 Å². The molecule has 0 spiro atoms. The van der Waals surface area contributed by atoms with Crippen molar-refractivity contribution in [2.24, 2.45) is 5.41 Å².